The van der Waals surface area contributed by atoms with E-state index in [4.69, 9.17) is 4.42 Å². The molecule has 0 spiro atoms. The van der Waals surface area contributed by atoms with E-state index in [2.05, 4.69) is 9.97 Å². The minimum Gasteiger partial charge on any atom is -0.448 e. The summed E-state index contributed by atoms with van der Waals surface area (Å²) in [6, 6.07) is 13.3. The zero-order valence-corrected chi connectivity index (χ0v) is 12.6. The Morgan fingerprint density at radius 2 is 1.96 bits per heavy atom. The fourth-order valence-electron chi connectivity index (χ4n) is 2.97. The minimum atomic E-state index is -0.201. The minimum absolute atomic E-state index is 0.201. The van der Waals surface area contributed by atoms with Crippen molar-refractivity contribution in [1.82, 2.24) is 18.9 Å². The second-order valence-electron chi connectivity index (χ2n) is 5.65. The molecule has 0 fully saturated rings. The molecule has 0 bridgehead atoms. The quantitative estimate of drug-likeness (QED) is 0.502. The topological polar surface area (TPSA) is 65.3 Å². The molecule has 0 unspecified atom stereocenters. The monoisotopic (exact) mass is 316 g/mol. The van der Waals surface area contributed by atoms with Gasteiger partial charge in [0.1, 0.15) is 16.7 Å². The molecule has 0 aliphatic heterocycles. The maximum absolute atomic E-state index is 12.7. The number of benzene rings is 1. The first-order valence-corrected chi connectivity index (χ1v) is 7.59. The molecule has 0 aliphatic rings. The van der Waals surface area contributed by atoms with Gasteiger partial charge in [-0.2, -0.15) is 0 Å². The summed E-state index contributed by atoms with van der Waals surface area (Å²) >= 11 is 0. The van der Waals surface area contributed by atoms with E-state index in [0.29, 0.717) is 17.6 Å². The molecule has 0 atom stereocenters. The molecule has 24 heavy (non-hydrogen) atoms. The lowest BCUT2D eigenvalue weighted by Gasteiger charge is -2.01. The molecule has 6 nitrogen and oxygen atoms in total. The lowest BCUT2D eigenvalue weighted by Crippen LogP contribution is -2.20. The Labute approximate surface area is 135 Å². The average molecular weight is 316 g/mol. The number of imidazole rings is 1. The Bertz CT molecular complexity index is 1230. The second-order valence-corrected chi connectivity index (χ2v) is 5.65. The lowest BCUT2D eigenvalue weighted by molar-refractivity contribution is 0.641. The van der Waals surface area contributed by atoms with Crippen LogP contribution in [0, 0.1) is 0 Å². The van der Waals surface area contributed by atoms with E-state index >= 15 is 0 Å². The first-order valence-electron chi connectivity index (χ1n) is 7.59. The smallest absolute Gasteiger partial charge is 0.297 e. The van der Waals surface area contributed by atoms with Crippen LogP contribution in [-0.4, -0.2) is 18.9 Å². The van der Waals surface area contributed by atoms with E-state index < -0.39 is 0 Å². The van der Waals surface area contributed by atoms with Crippen molar-refractivity contribution >= 4 is 27.7 Å². The zero-order valence-electron chi connectivity index (χ0n) is 12.6. The van der Waals surface area contributed by atoms with Crippen molar-refractivity contribution in [3.63, 3.8) is 0 Å². The summed E-state index contributed by atoms with van der Waals surface area (Å²) in [5.74, 6) is 0. The maximum Gasteiger partial charge on any atom is 0.297 e. The van der Waals surface area contributed by atoms with E-state index in [9.17, 15) is 4.79 Å². The molecule has 116 valence electrons. The molecule has 4 heterocycles. The largest absolute Gasteiger partial charge is 0.448 e. The van der Waals surface area contributed by atoms with E-state index in [1.54, 1.807) is 6.33 Å². The molecule has 0 N–H and O–H groups in total. The summed E-state index contributed by atoms with van der Waals surface area (Å²) < 4.78 is 9.14. The molecule has 0 saturated heterocycles. The molecule has 0 saturated carbocycles. The lowest BCUT2D eigenvalue weighted by atomic mass is 10.2. The third kappa shape index (κ3) is 1.86. The van der Waals surface area contributed by atoms with Gasteiger partial charge in [0.25, 0.3) is 5.56 Å². The molecule has 0 amide bonds. The van der Waals surface area contributed by atoms with Gasteiger partial charge in [-0.25, -0.2) is 9.97 Å². The summed E-state index contributed by atoms with van der Waals surface area (Å²) in [5, 5.41) is 0.851. The summed E-state index contributed by atoms with van der Waals surface area (Å²) in [7, 11) is 0. The van der Waals surface area contributed by atoms with Crippen LogP contribution in [0.4, 0.5) is 0 Å². The number of hydrogen-bond acceptors (Lipinski definition) is 4. The summed E-state index contributed by atoms with van der Waals surface area (Å²) in [6.07, 6.45) is 5.39. The standard InChI is InChI=1S/C18H12N4O2/c23-18-17-16(13-5-1-2-6-14(13)24-17)19-11-22(18)10-12-9-21-8-4-3-7-15(21)20-12/h1-9,11H,10H2. The summed E-state index contributed by atoms with van der Waals surface area (Å²) in [6.45, 7) is 0.348. The molecule has 4 aromatic heterocycles. The van der Waals surface area contributed by atoms with Crippen molar-refractivity contribution in [2.24, 2.45) is 0 Å². The van der Waals surface area contributed by atoms with Crippen LogP contribution in [0.3, 0.4) is 0 Å². The number of aromatic nitrogens is 4. The molecule has 5 aromatic rings. The molecular formula is C18H12N4O2. The number of fused-ring (bicyclic) bond motifs is 4. The Morgan fingerprint density at radius 1 is 1.08 bits per heavy atom. The molecule has 6 heteroatoms. The number of para-hydroxylation sites is 1. The van der Waals surface area contributed by atoms with Gasteiger partial charge in [-0.1, -0.05) is 18.2 Å². The number of rotatable bonds is 2. The van der Waals surface area contributed by atoms with Crippen LogP contribution in [-0.2, 0) is 6.54 Å². The highest BCUT2D eigenvalue weighted by molar-refractivity contribution is 6.01. The SMILES string of the molecule is O=c1c2oc3ccccc3c2ncn1Cc1cn2ccccc2n1. The van der Waals surface area contributed by atoms with Gasteiger partial charge in [0.2, 0.25) is 5.58 Å². The molecular weight excluding hydrogens is 304 g/mol. The molecule has 0 radical (unpaired) electrons. The first-order chi connectivity index (χ1) is 11.8. The van der Waals surface area contributed by atoms with E-state index in [1.165, 1.54) is 4.57 Å². The van der Waals surface area contributed by atoms with Gasteiger partial charge in [-0.3, -0.25) is 9.36 Å². The normalized spacial score (nSPS) is 11.7. The predicted molar refractivity (Wildman–Crippen MR) is 90.1 cm³/mol. The van der Waals surface area contributed by atoms with Gasteiger partial charge in [0.05, 0.1) is 18.6 Å². The van der Waals surface area contributed by atoms with Crippen molar-refractivity contribution < 1.29 is 4.42 Å². The van der Waals surface area contributed by atoms with E-state index in [0.717, 1.165) is 16.7 Å². The van der Waals surface area contributed by atoms with Gasteiger partial charge < -0.3 is 8.82 Å². The Hall–Kier alpha value is -3.41. The van der Waals surface area contributed by atoms with Crippen molar-refractivity contribution in [3.05, 3.63) is 77.2 Å². The molecule has 0 aliphatic carbocycles. The zero-order chi connectivity index (χ0) is 16.1. The van der Waals surface area contributed by atoms with Crippen LogP contribution < -0.4 is 5.56 Å². The van der Waals surface area contributed by atoms with Crippen LogP contribution >= 0.6 is 0 Å². The molecule has 5 rings (SSSR count). The maximum atomic E-state index is 12.7. The summed E-state index contributed by atoms with van der Waals surface area (Å²) in [4.78, 5) is 21.6. The number of furan rings is 1. The van der Waals surface area contributed by atoms with Crippen LogP contribution in [0.15, 0.2) is 70.4 Å². The van der Waals surface area contributed by atoms with Gasteiger partial charge in [0.15, 0.2) is 0 Å². The Kier molecular flexibility index (Phi) is 2.61. The van der Waals surface area contributed by atoms with Gasteiger partial charge >= 0.3 is 0 Å². The van der Waals surface area contributed by atoms with Gasteiger partial charge in [-0.15, -0.1) is 0 Å². The second kappa shape index (κ2) is 4.79. The summed E-state index contributed by atoms with van der Waals surface area (Å²) in [5.41, 5.74) is 2.99. The van der Waals surface area contributed by atoms with Gasteiger partial charge in [-0.05, 0) is 24.3 Å². The van der Waals surface area contributed by atoms with Crippen molar-refractivity contribution in [3.8, 4) is 0 Å². The number of hydrogen-bond donors (Lipinski definition) is 0. The third-order valence-corrected chi connectivity index (χ3v) is 4.10. The first kappa shape index (κ1) is 13.1. The van der Waals surface area contributed by atoms with Crippen LogP contribution in [0.5, 0.6) is 0 Å². The highest BCUT2D eigenvalue weighted by Gasteiger charge is 2.13. The highest BCUT2D eigenvalue weighted by atomic mass is 16.3. The number of nitrogens with zero attached hydrogens (tertiary/aromatic N) is 4. The highest BCUT2D eigenvalue weighted by Crippen LogP contribution is 2.24. The van der Waals surface area contributed by atoms with E-state index in [-0.39, 0.29) is 11.1 Å². The van der Waals surface area contributed by atoms with E-state index in [1.807, 2.05) is 59.3 Å². The van der Waals surface area contributed by atoms with Crippen LogP contribution in [0.25, 0.3) is 27.7 Å². The fourth-order valence-corrected chi connectivity index (χ4v) is 2.97. The molecule has 1 aromatic carbocycles. The van der Waals surface area contributed by atoms with Crippen LogP contribution in [0.1, 0.15) is 5.69 Å². The fraction of sp³-hybridized carbons (Fsp3) is 0.0556. The Morgan fingerprint density at radius 3 is 2.88 bits per heavy atom. The third-order valence-electron chi connectivity index (χ3n) is 4.10. The van der Waals surface area contributed by atoms with Crippen molar-refractivity contribution in [2.75, 3.05) is 0 Å². The van der Waals surface area contributed by atoms with Crippen LogP contribution in [0.2, 0.25) is 0 Å². The Balaban J connectivity index is 1.65. The average Bonchev–Trinajstić information content (AvgIpc) is 3.18. The predicted octanol–water partition coefficient (Wildman–Crippen LogP) is 2.84. The van der Waals surface area contributed by atoms with Crippen molar-refractivity contribution in [2.45, 2.75) is 6.54 Å². The van der Waals surface area contributed by atoms with Gasteiger partial charge in [0, 0.05) is 17.8 Å². The van der Waals surface area contributed by atoms with Crippen molar-refractivity contribution in [1.29, 1.82) is 0 Å². The number of pyridine rings is 1.